The molecule has 19 heavy (non-hydrogen) atoms. The molecule has 1 aromatic rings. The number of nitrogens with one attached hydrogen (secondary N) is 1. The van der Waals surface area contributed by atoms with Gasteiger partial charge in [0.25, 0.3) is 0 Å². The summed E-state index contributed by atoms with van der Waals surface area (Å²) in [5, 5.41) is 3.39. The van der Waals surface area contributed by atoms with E-state index in [0.29, 0.717) is 0 Å². The summed E-state index contributed by atoms with van der Waals surface area (Å²) in [7, 11) is 0. The maximum atomic E-state index is 4.55. The third-order valence-corrected chi connectivity index (χ3v) is 2.95. The Morgan fingerprint density at radius 1 is 1.32 bits per heavy atom. The molecule has 1 heterocycles. The SMILES string of the molecule is C=CCN(CCC)Cc1ccc(CNCCC)cn1. The zero-order valence-corrected chi connectivity index (χ0v) is 12.4. The predicted molar refractivity (Wildman–Crippen MR) is 82.0 cm³/mol. The summed E-state index contributed by atoms with van der Waals surface area (Å²) in [6.45, 7) is 13.1. The van der Waals surface area contributed by atoms with Crippen molar-refractivity contribution >= 4 is 0 Å². The molecule has 0 aliphatic heterocycles. The molecule has 0 fully saturated rings. The number of hydrogen-bond donors (Lipinski definition) is 1. The van der Waals surface area contributed by atoms with Gasteiger partial charge in [-0.25, -0.2) is 0 Å². The highest BCUT2D eigenvalue weighted by Crippen LogP contribution is 2.05. The normalized spacial score (nSPS) is 10.9. The minimum atomic E-state index is 0.905. The van der Waals surface area contributed by atoms with Crippen LogP contribution in [0.4, 0.5) is 0 Å². The molecule has 0 saturated heterocycles. The molecule has 0 spiro atoms. The first-order valence-corrected chi connectivity index (χ1v) is 7.27. The van der Waals surface area contributed by atoms with Crippen molar-refractivity contribution in [1.82, 2.24) is 15.2 Å². The molecule has 0 atom stereocenters. The van der Waals surface area contributed by atoms with E-state index in [1.54, 1.807) is 0 Å². The summed E-state index contributed by atoms with van der Waals surface area (Å²) >= 11 is 0. The molecular formula is C16H27N3. The summed E-state index contributed by atoms with van der Waals surface area (Å²) in [5.74, 6) is 0. The number of hydrogen-bond acceptors (Lipinski definition) is 3. The van der Waals surface area contributed by atoms with Crippen LogP contribution < -0.4 is 5.32 Å². The van der Waals surface area contributed by atoms with Crippen molar-refractivity contribution in [2.45, 2.75) is 39.8 Å². The topological polar surface area (TPSA) is 28.2 Å². The third kappa shape index (κ3) is 6.50. The number of nitrogens with zero attached hydrogens (tertiary/aromatic N) is 2. The van der Waals surface area contributed by atoms with Crippen molar-refractivity contribution in [2.75, 3.05) is 19.6 Å². The van der Waals surface area contributed by atoms with Crippen LogP contribution in [0.5, 0.6) is 0 Å². The highest BCUT2D eigenvalue weighted by atomic mass is 15.1. The van der Waals surface area contributed by atoms with Crippen LogP contribution in [0.2, 0.25) is 0 Å². The molecule has 0 aliphatic carbocycles. The second-order valence-electron chi connectivity index (χ2n) is 4.86. The van der Waals surface area contributed by atoms with E-state index in [9.17, 15) is 0 Å². The molecule has 0 aromatic carbocycles. The summed E-state index contributed by atoms with van der Waals surface area (Å²) in [6.07, 6.45) is 6.26. The smallest absolute Gasteiger partial charge is 0.0544 e. The van der Waals surface area contributed by atoms with E-state index in [-0.39, 0.29) is 0 Å². The maximum absolute atomic E-state index is 4.55. The number of rotatable bonds is 10. The third-order valence-electron chi connectivity index (χ3n) is 2.95. The van der Waals surface area contributed by atoms with Gasteiger partial charge in [-0.2, -0.15) is 0 Å². The number of pyridine rings is 1. The Morgan fingerprint density at radius 3 is 2.74 bits per heavy atom. The first-order chi connectivity index (χ1) is 9.30. The first kappa shape index (κ1) is 15.9. The lowest BCUT2D eigenvalue weighted by molar-refractivity contribution is 0.291. The molecule has 1 aromatic heterocycles. The zero-order valence-electron chi connectivity index (χ0n) is 12.4. The van der Waals surface area contributed by atoms with Gasteiger partial charge < -0.3 is 5.32 Å². The lowest BCUT2D eigenvalue weighted by atomic mass is 10.2. The van der Waals surface area contributed by atoms with Crippen LogP contribution in [0.25, 0.3) is 0 Å². The van der Waals surface area contributed by atoms with Gasteiger partial charge in [0.15, 0.2) is 0 Å². The minimum Gasteiger partial charge on any atom is -0.313 e. The van der Waals surface area contributed by atoms with Crippen LogP contribution in [0.15, 0.2) is 31.0 Å². The molecule has 0 bridgehead atoms. The molecule has 0 aliphatic rings. The van der Waals surface area contributed by atoms with E-state index in [1.165, 1.54) is 12.0 Å². The Kier molecular flexibility index (Phi) is 8.10. The van der Waals surface area contributed by atoms with Crippen LogP contribution in [0.1, 0.15) is 37.9 Å². The quantitative estimate of drug-likeness (QED) is 0.518. The fourth-order valence-corrected chi connectivity index (χ4v) is 2.03. The van der Waals surface area contributed by atoms with E-state index < -0.39 is 0 Å². The van der Waals surface area contributed by atoms with E-state index in [2.05, 4.69) is 47.8 Å². The largest absolute Gasteiger partial charge is 0.313 e. The van der Waals surface area contributed by atoms with Gasteiger partial charge in [-0.05, 0) is 37.6 Å². The fourth-order valence-electron chi connectivity index (χ4n) is 2.03. The van der Waals surface area contributed by atoms with Gasteiger partial charge in [0, 0.05) is 25.8 Å². The molecule has 0 unspecified atom stereocenters. The standard InChI is InChI=1S/C16H27N3/c1-4-9-17-12-15-7-8-16(18-13-15)14-19(10-5-2)11-6-3/h5,7-8,13,17H,2,4,6,9-12,14H2,1,3H3. The second kappa shape index (κ2) is 9.70. The Labute approximate surface area is 117 Å². The van der Waals surface area contributed by atoms with Crippen molar-refractivity contribution in [1.29, 1.82) is 0 Å². The van der Waals surface area contributed by atoms with Crippen LogP contribution in [0, 0.1) is 0 Å². The van der Waals surface area contributed by atoms with E-state index in [0.717, 1.165) is 44.8 Å². The Balaban J connectivity index is 2.47. The Hall–Kier alpha value is -1.19. The minimum absolute atomic E-state index is 0.905. The van der Waals surface area contributed by atoms with Crippen molar-refractivity contribution in [3.63, 3.8) is 0 Å². The Morgan fingerprint density at radius 2 is 2.16 bits per heavy atom. The summed E-state index contributed by atoms with van der Waals surface area (Å²) in [4.78, 5) is 6.91. The molecule has 3 nitrogen and oxygen atoms in total. The van der Waals surface area contributed by atoms with Crippen LogP contribution >= 0.6 is 0 Å². The van der Waals surface area contributed by atoms with Crippen LogP contribution in [0.3, 0.4) is 0 Å². The van der Waals surface area contributed by atoms with Crippen molar-refractivity contribution < 1.29 is 0 Å². The van der Waals surface area contributed by atoms with Gasteiger partial charge in [0.1, 0.15) is 0 Å². The average Bonchev–Trinajstić information content (AvgIpc) is 2.42. The van der Waals surface area contributed by atoms with Crippen LogP contribution in [-0.2, 0) is 13.1 Å². The zero-order chi connectivity index (χ0) is 13.9. The highest BCUT2D eigenvalue weighted by molar-refractivity contribution is 5.14. The maximum Gasteiger partial charge on any atom is 0.0544 e. The molecule has 3 heteroatoms. The summed E-state index contributed by atoms with van der Waals surface area (Å²) in [5.41, 5.74) is 2.39. The van der Waals surface area contributed by atoms with Crippen LogP contribution in [-0.4, -0.2) is 29.5 Å². The highest BCUT2D eigenvalue weighted by Gasteiger charge is 2.04. The van der Waals surface area contributed by atoms with Gasteiger partial charge in [-0.1, -0.05) is 26.0 Å². The molecule has 106 valence electrons. The van der Waals surface area contributed by atoms with E-state index >= 15 is 0 Å². The molecule has 0 amide bonds. The lowest BCUT2D eigenvalue weighted by Gasteiger charge is -2.19. The molecule has 1 rings (SSSR count). The molecular weight excluding hydrogens is 234 g/mol. The van der Waals surface area contributed by atoms with E-state index in [4.69, 9.17) is 0 Å². The van der Waals surface area contributed by atoms with Crippen molar-refractivity contribution in [3.05, 3.63) is 42.2 Å². The van der Waals surface area contributed by atoms with Gasteiger partial charge in [-0.3, -0.25) is 9.88 Å². The molecule has 0 radical (unpaired) electrons. The van der Waals surface area contributed by atoms with Crippen molar-refractivity contribution in [3.8, 4) is 0 Å². The second-order valence-corrected chi connectivity index (χ2v) is 4.86. The number of aromatic nitrogens is 1. The monoisotopic (exact) mass is 261 g/mol. The fraction of sp³-hybridized carbons (Fsp3) is 0.562. The average molecular weight is 261 g/mol. The molecule has 1 N–H and O–H groups in total. The van der Waals surface area contributed by atoms with Gasteiger partial charge >= 0.3 is 0 Å². The Bertz CT molecular complexity index is 346. The summed E-state index contributed by atoms with van der Waals surface area (Å²) in [6, 6.07) is 4.30. The lowest BCUT2D eigenvalue weighted by Crippen LogP contribution is -2.24. The van der Waals surface area contributed by atoms with Gasteiger partial charge in [-0.15, -0.1) is 6.58 Å². The van der Waals surface area contributed by atoms with E-state index in [1.807, 2.05) is 12.3 Å². The molecule has 0 saturated carbocycles. The van der Waals surface area contributed by atoms with Crippen molar-refractivity contribution in [2.24, 2.45) is 0 Å². The van der Waals surface area contributed by atoms with Gasteiger partial charge in [0.05, 0.1) is 5.69 Å². The first-order valence-electron chi connectivity index (χ1n) is 7.27. The predicted octanol–water partition coefficient (Wildman–Crippen LogP) is 2.98. The summed E-state index contributed by atoms with van der Waals surface area (Å²) < 4.78 is 0. The van der Waals surface area contributed by atoms with Gasteiger partial charge in [0.2, 0.25) is 0 Å².